The summed E-state index contributed by atoms with van der Waals surface area (Å²) in [7, 11) is 0. The number of hydrogen-bond acceptors (Lipinski definition) is 4. The molecule has 0 bridgehead atoms. The van der Waals surface area contributed by atoms with Crippen LogP contribution in [-0.2, 0) is 35.6 Å². The molecule has 1 aliphatic rings. The molecule has 6 heteroatoms. The fourth-order valence-corrected chi connectivity index (χ4v) is 4.56. The Labute approximate surface area is 222 Å². The van der Waals surface area contributed by atoms with Gasteiger partial charge >= 0.3 is 5.97 Å². The van der Waals surface area contributed by atoms with Crippen molar-refractivity contribution < 1.29 is 23.8 Å². The first-order chi connectivity index (χ1) is 18.5. The van der Waals surface area contributed by atoms with E-state index in [1.54, 1.807) is 30.5 Å². The maximum absolute atomic E-state index is 13.3. The lowest BCUT2D eigenvalue weighted by Gasteiger charge is -2.24. The Morgan fingerprint density at radius 3 is 2.24 bits per heavy atom. The first-order valence-corrected chi connectivity index (χ1v) is 13.0. The van der Waals surface area contributed by atoms with Gasteiger partial charge in [-0.1, -0.05) is 60.7 Å². The van der Waals surface area contributed by atoms with Crippen LogP contribution >= 0.6 is 0 Å². The fraction of sp³-hybridized carbons (Fsp3) is 0.250. The van der Waals surface area contributed by atoms with E-state index in [-0.39, 0.29) is 12.3 Å². The number of carbonyl (C=O) groups excluding carboxylic acids is 1. The Bertz CT molecular complexity index is 1360. The van der Waals surface area contributed by atoms with Gasteiger partial charge in [0.05, 0.1) is 12.7 Å². The predicted octanol–water partition coefficient (Wildman–Crippen LogP) is 6.28. The average molecular weight is 510 g/mol. The molecule has 1 aromatic heterocycles. The maximum atomic E-state index is 13.3. The topological polar surface area (TPSA) is 80.0 Å². The highest BCUT2D eigenvalue weighted by Crippen LogP contribution is 2.30. The van der Waals surface area contributed by atoms with E-state index < -0.39 is 5.97 Å². The molecule has 5 rings (SSSR count). The number of hydrogen-bond donors (Lipinski definition) is 1. The molecule has 1 fully saturated rings. The molecule has 194 valence electrons. The van der Waals surface area contributed by atoms with Crippen molar-refractivity contribution >= 4 is 11.9 Å². The molecule has 0 radical (unpaired) electrons. The summed E-state index contributed by atoms with van der Waals surface area (Å²) in [4.78, 5) is 26.2. The third-order valence-electron chi connectivity index (χ3n) is 6.83. The number of carboxylic acids is 1. The number of carbonyl (C=O) groups is 2. The van der Waals surface area contributed by atoms with Gasteiger partial charge in [-0.2, -0.15) is 0 Å². The summed E-state index contributed by atoms with van der Waals surface area (Å²) >= 11 is 0. The predicted molar refractivity (Wildman–Crippen MR) is 145 cm³/mol. The van der Waals surface area contributed by atoms with Crippen molar-refractivity contribution in [1.82, 2.24) is 4.90 Å². The third kappa shape index (κ3) is 6.71. The molecule has 0 unspecified atom stereocenters. The Morgan fingerprint density at radius 2 is 1.58 bits per heavy atom. The molecule has 0 aliphatic heterocycles. The molecule has 6 nitrogen and oxygen atoms in total. The van der Waals surface area contributed by atoms with Crippen molar-refractivity contribution in [2.24, 2.45) is 0 Å². The molecular formula is C32H31NO5. The molecule has 3 aromatic carbocycles. The SMILES string of the molecule is O=C(O)Cc1ccc(OCc2ccccc2CN(C(=O)CCc2ccc(-c3ccco3)cc2)C2CC2)cc1. The standard InChI is InChI=1S/C32H31NO5/c34-31(18-11-23-7-12-25(13-8-23)30-6-3-19-37-30)33(28-14-15-28)21-26-4-1-2-5-27(26)22-38-29-16-9-24(10-17-29)20-32(35)36/h1-10,12-13,16-17,19,28H,11,14-15,18,20-22H2,(H,35,36). The van der Waals surface area contributed by atoms with Crippen molar-refractivity contribution in [1.29, 1.82) is 0 Å². The quantitative estimate of drug-likeness (QED) is 0.243. The largest absolute Gasteiger partial charge is 0.489 e. The van der Waals surface area contributed by atoms with Gasteiger partial charge in [-0.25, -0.2) is 0 Å². The number of carboxylic acid groups (broad SMARTS) is 1. The number of rotatable bonds is 12. The van der Waals surface area contributed by atoms with Crippen molar-refractivity contribution in [3.63, 3.8) is 0 Å². The summed E-state index contributed by atoms with van der Waals surface area (Å²) in [6.07, 6.45) is 4.92. The number of nitrogens with zero attached hydrogens (tertiary/aromatic N) is 1. The van der Waals surface area contributed by atoms with Gasteiger partial charge in [-0.3, -0.25) is 9.59 Å². The van der Waals surface area contributed by atoms with E-state index in [0.29, 0.717) is 37.8 Å². The molecule has 0 spiro atoms. The molecule has 38 heavy (non-hydrogen) atoms. The minimum Gasteiger partial charge on any atom is -0.489 e. The molecular weight excluding hydrogens is 478 g/mol. The zero-order valence-electron chi connectivity index (χ0n) is 21.2. The van der Waals surface area contributed by atoms with Crippen molar-refractivity contribution in [3.05, 3.63) is 113 Å². The van der Waals surface area contributed by atoms with Gasteiger partial charge in [-0.05, 0) is 65.8 Å². The average Bonchev–Trinajstić information content (AvgIpc) is 3.62. The summed E-state index contributed by atoms with van der Waals surface area (Å²) in [6.45, 7) is 0.946. The molecule has 1 heterocycles. The van der Waals surface area contributed by atoms with Crippen LogP contribution < -0.4 is 4.74 Å². The monoisotopic (exact) mass is 509 g/mol. The third-order valence-corrected chi connectivity index (χ3v) is 6.83. The number of aryl methyl sites for hydroxylation is 1. The van der Waals surface area contributed by atoms with Crippen LogP contribution in [0.2, 0.25) is 0 Å². The van der Waals surface area contributed by atoms with E-state index in [1.807, 2.05) is 47.4 Å². The zero-order valence-corrected chi connectivity index (χ0v) is 21.2. The number of ether oxygens (including phenoxy) is 1. The van der Waals surface area contributed by atoms with Crippen molar-refractivity contribution in [3.8, 4) is 17.1 Å². The van der Waals surface area contributed by atoms with Crippen LogP contribution in [0.25, 0.3) is 11.3 Å². The lowest BCUT2D eigenvalue weighted by atomic mass is 10.0. The van der Waals surface area contributed by atoms with Gasteiger partial charge in [0.1, 0.15) is 18.1 Å². The van der Waals surface area contributed by atoms with Crippen LogP contribution in [-0.4, -0.2) is 27.9 Å². The van der Waals surface area contributed by atoms with Crippen LogP contribution in [0.3, 0.4) is 0 Å². The summed E-state index contributed by atoms with van der Waals surface area (Å²) in [5, 5.41) is 8.94. The van der Waals surface area contributed by atoms with E-state index in [2.05, 4.69) is 18.2 Å². The van der Waals surface area contributed by atoms with Crippen LogP contribution in [0.4, 0.5) is 0 Å². The smallest absolute Gasteiger partial charge is 0.307 e. The normalized spacial score (nSPS) is 12.7. The minimum absolute atomic E-state index is 0.00952. The molecule has 0 atom stereocenters. The highest BCUT2D eigenvalue weighted by atomic mass is 16.5. The van der Waals surface area contributed by atoms with E-state index in [9.17, 15) is 9.59 Å². The summed E-state index contributed by atoms with van der Waals surface area (Å²) in [6, 6.07) is 27.5. The van der Waals surface area contributed by atoms with Gasteiger partial charge in [0.15, 0.2) is 0 Å². The number of benzene rings is 3. The van der Waals surface area contributed by atoms with Crippen molar-refractivity contribution in [2.45, 2.75) is 51.3 Å². The van der Waals surface area contributed by atoms with Gasteiger partial charge in [0.2, 0.25) is 5.91 Å². The maximum Gasteiger partial charge on any atom is 0.307 e. The van der Waals surface area contributed by atoms with Gasteiger partial charge in [-0.15, -0.1) is 0 Å². The number of furan rings is 1. The zero-order chi connectivity index (χ0) is 26.3. The first kappa shape index (κ1) is 25.3. The number of aliphatic carboxylic acids is 1. The second-order valence-electron chi connectivity index (χ2n) is 9.70. The molecule has 0 saturated heterocycles. The van der Waals surface area contributed by atoms with E-state index in [1.165, 1.54) is 0 Å². The Morgan fingerprint density at radius 1 is 0.868 bits per heavy atom. The first-order valence-electron chi connectivity index (χ1n) is 13.0. The summed E-state index contributed by atoms with van der Waals surface area (Å²) < 4.78 is 11.5. The van der Waals surface area contributed by atoms with Gasteiger partial charge in [0, 0.05) is 24.6 Å². The highest BCUT2D eigenvalue weighted by Gasteiger charge is 2.32. The fourth-order valence-electron chi connectivity index (χ4n) is 4.56. The van der Waals surface area contributed by atoms with Crippen LogP contribution in [0.5, 0.6) is 5.75 Å². The molecule has 1 aliphatic carbocycles. The van der Waals surface area contributed by atoms with E-state index in [0.717, 1.165) is 46.4 Å². The highest BCUT2D eigenvalue weighted by molar-refractivity contribution is 5.77. The summed E-state index contributed by atoms with van der Waals surface area (Å²) in [5.74, 6) is 0.838. The van der Waals surface area contributed by atoms with Gasteiger partial charge < -0.3 is 19.2 Å². The number of amides is 1. The Balaban J connectivity index is 1.19. The molecule has 1 N–H and O–H groups in total. The lowest BCUT2D eigenvalue weighted by molar-refractivity contribution is -0.136. The van der Waals surface area contributed by atoms with Crippen LogP contribution in [0, 0.1) is 0 Å². The Kier molecular flexibility index (Phi) is 7.88. The van der Waals surface area contributed by atoms with Crippen molar-refractivity contribution in [2.75, 3.05) is 0 Å². The van der Waals surface area contributed by atoms with Gasteiger partial charge in [0.25, 0.3) is 0 Å². The lowest BCUT2D eigenvalue weighted by Crippen LogP contribution is -2.33. The molecule has 4 aromatic rings. The second kappa shape index (κ2) is 11.8. The van der Waals surface area contributed by atoms with Crippen LogP contribution in [0.15, 0.2) is 95.6 Å². The molecule has 1 amide bonds. The minimum atomic E-state index is -0.856. The second-order valence-corrected chi connectivity index (χ2v) is 9.70. The van der Waals surface area contributed by atoms with Crippen LogP contribution in [0.1, 0.15) is 41.5 Å². The van der Waals surface area contributed by atoms with E-state index >= 15 is 0 Å². The Hall–Kier alpha value is -4.32. The van der Waals surface area contributed by atoms with E-state index in [4.69, 9.17) is 14.3 Å². The summed E-state index contributed by atoms with van der Waals surface area (Å²) in [5.41, 5.74) is 5.01. The molecule has 1 saturated carbocycles.